The lowest BCUT2D eigenvalue weighted by molar-refractivity contribution is -0.137. The summed E-state index contributed by atoms with van der Waals surface area (Å²) in [6.07, 6.45) is -2.52. The summed E-state index contributed by atoms with van der Waals surface area (Å²) in [4.78, 5) is 12.4. The summed E-state index contributed by atoms with van der Waals surface area (Å²) < 4.78 is 43.9. The molecule has 2 aromatic carbocycles. The summed E-state index contributed by atoms with van der Waals surface area (Å²) in [7, 11) is 1.54. The Morgan fingerprint density at radius 2 is 1.96 bits per heavy atom. The van der Waals surface area contributed by atoms with Crippen molar-refractivity contribution in [1.29, 1.82) is 0 Å². The Morgan fingerprint density at radius 3 is 2.58 bits per heavy atom. The number of halogens is 4. The van der Waals surface area contributed by atoms with Gasteiger partial charge in [-0.25, -0.2) is 0 Å². The van der Waals surface area contributed by atoms with E-state index in [2.05, 4.69) is 5.32 Å². The van der Waals surface area contributed by atoms with E-state index in [9.17, 15) is 18.0 Å². The van der Waals surface area contributed by atoms with Gasteiger partial charge < -0.3 is 10.1 Å². The topological polar surface area (TPSA) is 38.3 Å². The lowest BCUT2D eigenvalue weighted by Gasteiger charge is -2.12. The molecular formula is C19H17ClF3NO2. The average molecular weight is 384 g/mol. The number of hydrogen-bond donors (Lipinski definition) is 1. The smallest absolute Gasteiger partial charge is 0.417 e. The predicted octanol–water partition coefficient (Wildman–Crippen LogP) is 5.80. The van der Waals surface area contributed by atoms with Crippen LogP contribution in [0.4, 0.5) is 18.9 Å². The Hall–Kier alpha value is -2.47. The maximum atomic E-state index is 12.9. The molecule has 138 valence electrons. The van der Waals surface area contributed by atoms with Gasteiger partial charge >= 0.3 is 6.18 Å². The van der Waals surface area contributed by atoms with Crippen molar-refractivity contribution in [1.82, 2.24) is 0 Å². The number of alkyl halides is 3. The minimum atomic E-state index is -4.60. The van der Waals surface area contributed by atoms with Crippen LogP contribution >= 0.6 is 11.6 Å². The third-order valence-corrected chi connectivity index (χ3v) is 3.97. The Bertz CT molecular complexity index is 832. The first-order valence-electron chi connectivity index (χ1n) is 7.77. The highest BCUT2D eigenvalue weighted by Crippen LogP contribution is 2.36. The molecule has 0 bridgehead atoms. The van der Waals surface area contributed by atoms with Gasteiger partial charge in [-0.15, -0.1) is 0 Å². The van der Waals surface area contributed by atoms with Crippen LogP contribution in [0.5, 0.6) is 5.75 Å². The summed E-state index contributed by atoms with van der Waals surface area (Å²) in [6.45, 7) is 1.79. The molecule has 0 radical (unpaired) electrons. The van der Waals surface area contributed by atoms with Gasteiger partial charge in [0.2, 0.25) is 0 Å². The van der Waals surface area contributed by atoms with Crippen LogP contribution in [0.25, 0.3) is 6.08 Å². The molecule has 0 spiro atoms. The van der Waals surface area contributed by atoms with E-state index >= 15 is 0 Å². The van der Waals surface area contributed by atoms with Gasteiger partial charge in [-0.3, -0.25) is 4.79 Å². The number of carbonyl (C=O) groups is 1. The number of carbonyl (C=O) groups excluding carboxylic acids is 1. The number of ether oxygens (including phenoxy) is 1. The summed E-state index contributed by atoms with van der Waals surface area (Å²) in [6, 6.07) is 10.4. The number of methoxy groups -OCH3 is 1. The molecule has 0 atom stereocenters. The molecule has 0 fully saturated rings. The fourth-order valence-corrected chi connectivity index (χ4v) is 2.52. The van der Waals surface area contributed by atoms with Crippen LogP contribution in [0.3, 0.4) is 0 Å². The van der Waals surface area contributed by atoms with E-state index in [0.717, 1.165) is 17.7 Å². The molecular weight excluding hydrogens is 367 g/mol. The van der Waals surface area contributed by atoms with Gasteiger partial charge in [0.1, 0.15) is 5.75 Å². The molecule has 2 aromatic rings. The lowest BCUT2D eigenvalue weighted by atomic mass is 10.1. The second-order valence-electron chi connectivity index (χ2n) is 5.45. The van der Waals surface area contributed by atoms with E-state index < -0.39 is 22.7 Å². The van der Waals surface area contributed by atoms with Crippen LogP contribution in [-0.2, 0) is 11.0 Å². The molecule has 0 aliphatic carbocycles. The SMILES string of the molecule is CCC(=Cc1cccc(OC)c1)C(=O)Nc1ccc(Cl)c(C(F)(F)F)c1. The van der Waals surface area contributed by atoms with Gasteiger partial charge in [0.15, 0.2) is 0 Å². The summed E-state index contributed by atoms with van der Waals surface area (Å²) >= 11 is 5.59. The molecule has 3 nitrogen and oxygen atoms in total. The van der Waals surface area contributed by atoms with Gasteiger partial charge in [0.05, 0.1) is 17.7 Å². The van der Waals surface area contributed by atoms with Crippen LogP contribution < -0.4 is 10.1 Å². The van der Waals surface area contributed by atoms with Crippen molar-refractivity contribution in [3.63, 3.8) is 0 Å². The number of benzene rings is 2. The summed E-state index contributed by atoms with van der Waals surface area (Å²) in [5.74, 6) is 0.160. The predicted molar refractivity (Wildman–Crippen MR) is 96.3 cm³/mol. The zero-order valence-electron chi connectivity index (χ0n) is 14.2. The number of amides is 1. The van der Waals surface area contributed by atoms with Crippen LogP contribution in [-0.4, -0.2) is 13.0 Å². The lowest BCUT2D eigenvalue weighted by Crippen LogP contribution is -2.15. The van der Waals surface area contributed by atoms with Gasteiger partial charge in [-0.05, 0) is 48.4 Å². The van der Waals surface area contributed by atoms with Crippen LogP contribution in [0, 0.1) is 0 Å². The highest BCUT2D eigenvalue weighted by Gasteiger charge is 2.33. The largest absolute Gasteiger partial charge is 0.497 e. The Kier molecular flexibility index (Phi) is 6.32. The fourth-order valence-electron chi connectivity index (χ4n) is 2.29. The first-order valence-corrected chi connectivity index (χ1v) is 8.15. The van der Waals surface area contributed by atoms with E-state index in [1.54, 1.807) is 37.3 Å². The highest BCUT2D eigenvalue weighted by molar-refractivity contribution is 6.31. The molecule has 1 N–H and O–H groups in total. The Morgan fingerprint density at radius 1 is 1.23 bits per heavy atom. The molecule has 0 heterocycles. The summed E-state index contributed by atoms with van der Waals surface area (Å²) in [5.41, 5.74) is 0.203. The zero-order chi connectivity index (χ0) is 19.3. The highest BCUT2D eigenvalue weighted by atomic mass is 35.5. The van der Waals surface area contributed by atoms with Gasteiger partial charge in [0.25, 0.3) is 5.91 Å². The van der Waals surface area contributed by atoms with Crippen molar-refractivity contribution >= 4 is 29.3 Å². The fraction of sp³-hybridized carbons (Fsp3) is 0.211. The minimum Gasteiger partial charge on any atom is -0.497 e. The van der Waals surface area contributed by atoms with Crippen LogP contribution in [0.1, 0.15) is 24.5 Å². The van der Waals surface area contributed by atoms with Crippen LogP contribution in [0.2, 0.25) is 5.02 Å². The molecule has 26 heavy (non-hydrogen) atoms. The van der Waals surface area contributed by atoms with Gasteiger partial charge in [-0.1, -0.05) is 30.7 Å². The van der Waals surface area contributed by atoms with Crippen molar-refractivity contribution in [2.45, 2.75) is 19.5 Å². The number of rotatable bonds is 5. The molecule has 1 amide bonds. The standard InChI is InChI=1S/C19H17ClF3NO2/c1-3-13(9-12-5-4-6-15(10-12)26-2)18(25)24-14-7-8-17(20)16(11-14)19(21,22)23/h4-11H,3H2,1-2H3,(H,24,25). The second-order valence-corrected chi connectivity index (χ2v) is 5.85. The molecule has 7 heteroatoms. The molecule has 0 aromatic heterocycles. The third kappa shape index (κ3) is 5.02. The number of hydrogen-bond acceptors (Lipinski definition) is 2. The monoisotopic (exact) mass is 383 g/mol. The Labute approximate surface area is 154 Å². The van der Waals surface area contributed by atoms with E-state index in [4.69, 9.17) is 16.3 Å². The Balaban J connectivity index is 2.25. The van der Waals surface area contributed by atoms with Gasteiger partial charge in [-0.2, -0.15) is 13.2 Å². The van der Waals surface area contributed by atoms with Crippen molar-refractivity contribution in [2.75, 3.05) is 12.4 Å². The number of anilines is 1. The molecule has 0 aliphatic rings. The van der Waals surface area contributed by atoms with E-state index in [0.29, 0.717) is 17.7 Å². The molecule has 0 saturated heterocycles. The molecule has 0 saturated carbocycles. The zero-order valence-corrected chi connectivity index (χ0v) is 14.9. The summed E-state index contributed by atoms with van der Waals surface area (Å²) in [5, 5.41) is 2.07. The maximum Gasteiger partial charge on any atom is 0.417 e. The second kappa shape index (κ2) is 8.27. The minimum absolute atomic E-state index is 0.0247. The van der Waals surface area contributed by atoms with Crippen molar-refractivity contribution in [3.05, 3.63) is 64.2 Å². The first-order chi connectivity index (χ1) is 12.2. The maximum absolute atomic E-state index is 12.9. The van der Waals surface area contributed by atoms with Crippen molar-refractivity contribution in [2.24, 2.45) is 0 Å². The number of nitrogens with one attached hydrogen (secondary N) is 1. The van der Waals surface area contributed by atoms with Crippen molar-refractivity contribution in [3.8, 4) is 5.75 Å². The molecule has 0 aliphatic heterocycles. The third-order valence-electron chi connectivity index (χ3n) is 3.64. The average Bonchev–Trinajstić information content (AvgIpc) is 2.60. The van der Waals surface area contributed by atoms with Gasteiger partial charge in [0, 0.05) is 11.3 Å². The molecule has 2 rings (SSSR count). The van der Waals surface area contributed by atoms with E-state index in [1.165, 1.54) is 13.2 Å². The quantitative estimate of drug-likeness (QED) is 0.663. The van der Waals surface area contributed by atoms with Crippen LogP contribution in [0.15, 0.2) is 48.0 Å². The van der Waals surface area contributed by atoms with E-state index in [1.807, 2.05) is 0 Å². The van der Waals surface area contributed by atoms with E-state index in [-0.39, 0.29) is 5.69 Å². The first kappa shape index (κ1) is 19.8. The normalized spacial score (nSPS) is 12.0. The van der Waals surface area contributed by atoms with Crippen molar-refractivity contribution < 1.29 is 22.7 Å². The molecule has 0 unspecified atom stereocenters.